The van der Waals surface area contributed by atoms with Crippen molar-refractivity contribution in [3.63, 3.8) is 0 Å². The molecule has 0 aliphatic carbocycles. The Morgan fingerprint density at radius 1 is 1.26 bits per heavy atom. The van der Waals surface area contributed by atoms with Crippen LogP contribution in [0.5, 0.6) is 0 Å². The van der Waals surface area contributed by atoms with Crippen LogP contribution in [-0.2, 0) is 11.3 Å². The van der Waals surface area contributed by atoms with Gasteiger partial charge in [-0.15, -0.1) is 11.8 Å². The minimum atomic E-state index is 0.170. The van der Waals surface area contributed by atoms with Gasteiger partial charge in [-0.2, -0.15) is 0 Å². The molecule has 0 saturated carbocycles. The van der Waals surface area contributed by atoms with E-state index >= 15 is 0 Å². The Balaban J connectivity index is 1.90. The highest BCUT2D eigenvalue weighted by Crippen LogP contribution is 2.30. The Morgan fingerprint density at radius 3 is 2.68 bits per heavy atom. The lowest BCUT2D eigenvalue weighted by Crippen LogP contribution is -2.35. The van der Waals surface area contributed by atoms with Gasteiger partial charge in [-0.3, -0.25) is 0 Å². The maximum Gasteiger partial charge on any atom is 0.0476 e. The largest absolute Gasteiger partial charge is 0.381 e. The molecule has 2 rings (SSSR count). The zero-order valence-electron chi connectivity index (χ0n) is 12.2. The van der Waals surface area contributed by atoms with E-state index in [1.807, 2.05) is 11.8 Å². The van der Waals surface area contributed by atoms with E-state index in [9.17, 15) is 0 Å². The van der Waals surface area contributed by atoms with Crippen LogP contribution in [0.4, 0.5) is 0 Å². The maximum absolute atomic E-state index is 5.41. The lowest BCUT2D eigenvalue weighted by atomic mass is 10.1. The van der Waals surface area contributed by atoms with E-state index < -0.39 is 0 Å². The maximum atomic E-state index is 5.41. The smallest absolute Gasteiger partial charge is 0.0476 e. The fourth-order valence-corrected chi connectivity index (χ4v) is 3.27. The summed E-state index contributed by atoms with van der Waals surface area (Å²) in [6, 6.07) is 8.91. The van der Waals surface area contributed by atoms with Crippen LogP contribution in [0.25, 0.3) is 0 Å². The van der Waals surface area contributed by atoms with E-state index in [1.54, 1.807) is 0 Å². The van der Waals surface area contributed by atoms with E-state index in [0.717, 1.165) is 25.0 Å². The van der Waals surface area contributed by atoms with Crippen LogP contribution < -0.4 is 5.32 Å². The molecule has 1 N–H and O–H groups in total. The molecule has 1 heterocycles. The summed E-state index contributed by atoms with van der Waals surface area (Å²) in [5.41, 5.74) is 1.54. The van der Waals surface area contributed by atoms with Crippen molar-refractivity contribution in [3.05, 3.63) is 29.8 Å². The van der Waals surface area contributed by atoms with Crippen LogP contribution in [0.2, 0.25) is 0 Å². The highest BCUT2D eigenvalue weighted by molar-refractivity contribution is 8.00. The van der Waals surface area contributed by atoms with Gasteiger partial charge in [0.1, 0.15) is 0 Å². The summed E-state index contributed by atoms with van der Waals surface area (Å²) in [5.74, 6) is 0. The lowest BCUT2D eigenvalue weighted by molar-refractivity contribution is 0.100. The van der Waals surface area contributed by atoms with Crippen LogP contribution >= 0.6 is 11.8 Å². The van der Waals surface area contributed by atoms with Gasteiger partial charge in [-0.05, 0) is 51.3 Å². The van der Waals surface area contributed by atoms with Crippen LogP contribution in [-0.4, -0.2) is 24.0 Å². The van der Waals surface area contributed by atoms with Crippen LogP contribution in [0.15, 0.2) is 29.2 Å². The highest BCUT2D eigenvalue weighted by Gasteiger charge is 2.15. The van der Waals surface area contributed by atoms with Crippen molar-refractivity contribution in [2.75, 3.05) is 13.2 Å². The first-order valence-corrected chi connectivity index (χ1v) is 7.99. The molecule has 0 amide bonds. The van der Waals surface area contributed by atoms with Crippen molar-refractivity contribution < 1.29 is 4.74 Å². The molecule has 1 aromatic rings. The SMILES string of the molecule is CC(C)(C)NCc1cccc(SC2CCOCC2)c1. The van der Waals surface area contributed by atoms with Crippen LogP contribution in [0.3, 0.4) is 0 Å². The van der Waals surface area contributed by atoms with Gasteiger partial charge in [0.15, 0.2) is 0 Å². The molecule has 1 aliphatic rings. The minimum Gasteiger partial charge on any atom is -0.381 e. The van der Waals surface area contributed by atoms with Crippen molar-refractivity contribution >= 4 is 11.8 Å². The third-order valence-electron chi connectivity index (χ3n) is 3.19. The minimum absolute atomic E-state index is 0.170. The number of hydrogen-bond donors (Lipinski definition) is 1. The zero-order valence-corrected chi connectivity index (χ0v) is 13.1. The monoisotopic (exact) mass is 279 g/mol. The first kappa shape index (κ1) is 14.9. The van der Waals surface area contributed by atoms with Gasteiger partial charge in [0.05, 0.1) is 0 Å². The molecule has 0 atom stereocenters. The summed E-state index contributed by atoms with van der Waals surface area (Å²) < 4.78 is 5.41. The van der Waals surface area contributed by atoms with Gasteiger partial charge in [-0.25, -0.2) is 0 Å². The summed E-state index contributed by atoms with van der Waals surface area (Å²) in [4.78, 5) is 1.39. The molecule has 3 heteroatoms. The molecule has 19 heavy (non-hydrogen) atoms. The Hall–Kier alpha value is -0.510. The second kappa shape index (κ2) is 6.78. The molecule has 0 bridgehead atoms. The predicted molar refractivity (Wildman–Crippen MR) is 82.7 cm³/mol. The fourth-order valence-electron chi connectivity index (χ4n) is 2.08. The van der Waals surface area contributed by atoms with Crippen molar-refractivity contribution in [3.8, 4) is 0 Å². The zero-order chi connectivity index (χ0) is 13.7. The van der Waals surface area contributed by atoms with E-state index in [4.69, 9.17) is 4.74 Å². The van der Waals surface area contributed by atoms with Crippen LogP contribution in [0.1, 0.15) is 39.2 Å². The number of nitrogens with one attached hydrogen (secondary N) is 1. The third kappa shape index (κ3) is 5.55. The molecule has 0 unspecified atom stereocenters. The molecule has 1 aromatic carbocycles. The summed E-state index contributed by atoms with van der Waals surface area (Å²) in [6.45, 7) is 9.38. The molecule has 106 valence electrons. The third-order valence-corrected chi connectivity index (χ3v) is 4.52. The Bertz CT molecular complexity index is 394. The Morgan fingerprint density at radius 2 is 2.00 bits per heavy atom. The number of ether oxygens (including phenoxy) is 1. The average Bonchev–Trinajstić information content (AvgIpc) is 2.37. The lowest BCUT2D eigenvalue weighted by Gasteiger charge is -2.22. The molecule has 0 spiro atoms. The topological polar surface area (TPSA) is 21.3 Å². The fraction of sp³-hybridized carbons (Fsp3) is 0.625. The molecule has 0 radical (unpaired) electrons. The molecule has 1 aliphatic heterocycles. The summed E-state index contributed by atoms with van der Waals surface area (Å²) in [5, 5.41) is 4.26. The molecule has 2 nitrogen and oxygen atoms in total. The normalized spacial score (nSPS) is 17.6. The van der Waals surface area contributed by atoms with Crippen molar-refractivity contribution in [1.29, 1.82) is 0 Å². The van der Waals surface area contributed by atoms with Gasteiger partial charge in [0, 0.05) is 35.4 Å². The van der Waals surface area contributed by atoms with Gasteiger partial charge in [-0.1, -0.05) is 12.1 Å². The number of rotatable bonds is 4. The van der Waals surface area contributed by atoms with Gasteiger partial charge in [0.25, 0.3) is 0 Å². The van der Waals surface area contributed by atoms with Gasteiger partial charge < -0.3 is 10.1 Å². The standard InChI is InChI=1S/C16H25NOS/c1-16(2,3)17-12-13-5-4-6-15(11-13)19-14-7-9-18-10-8-14/h4-6,11,14,17H,7-10,12H2,1-3H3. The van der Waals surface area contributed by atoms with Crippen molar-refractivity contribution in [2.45, 2.75) is 55.8 Å². The second-order valence-corrected chi connectivity index (χ2v) is 7.55. The first-order chi connectivity index (χ1) is 9.03. The highest BCUT2D eigenvalue weighted by atomic mass is 32.2. The summed E-state index contributed by atoms with van der Waals surface area (Å²) in [6.07, 6.45) is 2.35. The van der Waals surface area contributed by atoms with Crippen molar-refractivity contribution in [1.82, 2.24) is 5.32 Å². The second-order valence-electron chi connectivity index (χ2n) is 6.18. The number of benzene rings is 1. The average molecular weight is 279 g/mol. The van der Waals surface area contributed by atoms with Gasteiger partial charge >= 0.3 is 0 Å². The van der Waals surface area contributed by atoms with Crippen molar-refractivity contribution in [2.24, 2.45) is 0 Å². The quantitative estimate of drug-likeness (QED) is 0.904. The predicted octanol–water partition coefficient (Wildman–Crippen LogP) is 3.85. The Labute approximate surface area is 121 Å². The van der Waals surface area contributed by atoms with Crippen LogP contribution in [0, 0.1) is 0 Å². The molecule has 1 fully saturated rings. The Kier molecular flexibility index (Phi) is 5.31. The van der Waals surface area contributed by atoms with E-state index in [2.05, 4.69) is 50.4 Å². The van der Waals surface area contributed by atoms with E-state index in [-0.39, 0.29) is 5.54 Å². The molecule has 1 saturated heterocycles. The summed E-state index contributed by atoms with van der Waals surface area (Å²) >= 11 is 2.00. The van der Waals surface area contributed by atoms with E-state index in [1.165, 1.54) is 23.3 Å². The number of thioether (sulfide) groups is 1. The first-order valence-electron chi connectivity index (χ1n) is 7.11. The summed E-state index contributed by atoms with van der Waals surface area (Å²) in [7, 11) is 0. The number of hydrogen-bond acceptors (Lipinski definition) is 3. The van der Waals surface area contributed by atoms with E-state index in [0.29, 0.717) is 0 Å². The molecule has 0 aromatic heterocycles. The molecular formula is C16H25NOS. The van der Waals surface area contributed by atoms with Gasteiger partial charge in [0.2, 0.25) is 0 Å². The molecular weight excluding hydrogens is 254 g/mol.